The summed E-state index contributed by atoms with van der Waals surface area (Å²) in [7, 11) is 0. The summed E-state index contributed by atoms with van der Waals surface area (Å²) in [6, 6.07) is 4.90. The molecule has 0 unspecified atom stereocenters. The fourth-order valence-corrected chi connectivity index (χ4v) is 2.04. The minimum atomic E-state index is -0.378. The molecule has 2 rings (SSSR count). The Hall–Kier alpha value is -1.36. The summed E-state index contributed by atoms with van der Waals surface area (Å²) >= 11 is 1.52. The van der Waals surface area contributed by atoms with Gasteiger partial charge in [0, 0.05) is 17.7 Å². The molecule has 1 aliphatic rings. The maximum atomic E-state index is 10.6. The molecule has 0 amide bonds. The van der Waals surface area contributed by atoms with Gasteiger partial charge in [-0.3, -0.25) is 15.1 Å². The van der Waals surface area contributed by atoms with E-state index in [0.29, 0.717) is 6.54 Å². The maximum absolute atomic E-state index is 10.6. The Balaban J connectivity index is 2.48. The summed E-state index contributed by atoms with van der Waals surface area (Å²) in [4.78, 5) is 14.5. The van der Waals surface area contributed by atoms with Crippen molar-refractivity contribution in [3.63, 3.8) is 0 Å². The molecular formula is C9H8N2O2S. The van der Waals surface area contributed by atoms with Crippen LogP contribution in [0.15, 0.2) is 23.2 Å². The number of rotatable bonds is 1. The quantitative estimate of drug-likeness (QED) is 0.525. The fraction of sp³-hybridized carbons (Fsp3) is 0.222. The van der Waals surface area contributed by atoms with Crippen molar-refractivity contribution in [2.24, 2.45) is 4.99 Å². The molecule has 0 saturated heterocycles. The number of aliphatic imine (C=N–C) groups is 1. The molecule has 1 heterocycles. The van der Waals surface area contributed by atoms with Crippen LogP contribution in [-0.2, 0) is 6.54 Å². The van der Waals surface area contributed by atoms with Gasteiger partial charge in [0.15, 0.2) is 0 Å². The first-order valence-electron chi connectivity index (χ1n) is 4.08. The van der Waals surface area contributed by atoms with Crippen molar-refractivity contribution in [1.29, 1.82) is 0 Å². The zero-order valence-electron chi connectivity index (χ0n) is 7.56. The first kappa shape index (κ1) is 9.21. The summed E-state index contributed by atoms with van der Waals surface area (Å²) in [5, 5.41) is 11.4. The van der Waals surface area contributed by atoms with E-state index < -0.39 is 0 Å². The number of nitro groups is 1. The third-order valence-electron chi connectivity index (χ3n) is 2.12. The number of non-ortho nitro benzene ring substituents is 1. The predicted octanol–water partition coefficient (Wildman–Crippen LogP) is 2.22. The highest BCUT2D eigenvalue weighted by atomic mass is 32.2. The maximum Gasteiger partial charge on any atom is 0.270 e. The minimum absolute atomic E-state index is 0.132. The van der Waals surface area contributed by atoms with Crippen LogP contribution in [0.2, 0.25) is 0 Å². The number of benzene rings is 1. The van der Waals surface area contributed by atoms with Crippen LogP contribution in [0.3, 0.4) is 0 Å². The normalized spacial score (nSPS) is 13.6. The molecule has 0 atom stereocenters. The Labute approximate surface area is 85.2 Å². The highest BCUT2D eigenvalue weighted by Gasteiger charge is 2.18. The second kappa shape index (κ2) is 3.42. The Kier molecular flexibility index (Phi) is 2.25. The van der Waals surface area contributed by atoms with E-state index in [1.807, 2.05) is 6.26 Å². The molecule has 0 aliphatic carbocycles. The molecule has 0 N–H and O–H groups in total. The number of nitrogens with zero attached hydrogens (tertiary/aromatic N) is 2. The van der Waals surface area contributed by atoms with E-state index >= 15 is 0 Å². The van der Waals surface area contributed by atoms with E-state index in [9.17, 15) is 10.1 Å². The Morgan fingerprint density at radius 3 is 3.00 bits per heavy atom. The number of hydrogen-bond donors (Lipinski definition) is 0. The van der Waals surface area contributed by atoms with Gasteiger partial charge in [0.25, 0.3) is 5.69 Å². The Morgan fingerprint density at radius 2 is 2.36 bits per heavy atom. The smallest absolute Gasteiger partial charge is 0.270 e. The Bertz CT molecular complexity index is 429. The van der Waals surface area contributed by atoms with Crippen LogP contribution in [0.5, 0.6) is 0 Å². The molecule has 0 aromatic heterocycles. The molecule has 1 aliphatic heterocycles. The highest BCUT2D eigenvalue weighted by molar-refractivity contribution is 8.13. The van der Waals surface area contributed by atoms with Gasteiger partial charge in [-0.05, 0) is 17.9 Å². The minimum Gasteiger partial charge on any atom is -0.273 e. The second-order valence-corrected chi connectivity index (χ2v) is 3.72. The van der Waals surface area contributed by atoms with Gasteiger partial charge >= 0.3 is 0 Å². The lowest BCUT2D eigenvalue weighted by atomic mass is 10.1. The largest absolute Gasteiger partial charge is 0.273 e. The molecule has 0 bridgehead atoms. The zero-order valence-corrected chi connectivity index (χ0v) is 8.37. The SMILES string of the molecule is CSC1=NCc2ccc([N+](=O)[O-])cc21. The van der Waals surface area contributed by atoms with Crippen molar-refractivity contribution >= 4 is 22.5 Å². The lowest BCUT2D eigenvalue weighted by Crippen LogP contribution is -1.95. The van der Waals surface area contributed by atoms with Gasteiger partial charge in [-0.25, -0.2) is 0 Å². The van der Waals surface area contributed by atoms with Crippen LogP contribution in [0.4, 0.5) is 5.69 Å². The summed E-state index contributed by atoms with van der Waals surface area (Å²) in [6.07, 6.45) is 1.92. The van der Waals surface area contributed by atoms with E-state index in [2.05, 4.69) is 4.99 Å². The van der Waals surface area contributed by atoms with E-state index in [1.165, 1.54) is 17.8 Å². The summed E-state index contributed by atoms with van der Waals surface area (Å²) < 4.78 is 0. The molecule has 4 nitrogen and oxygen atoms in total. The van der Waals surface area contributed by atoms with Gasteiger partial charge in [-0.15, -0.1) is 11.8 Å². The van der Waals surface area contributed by atoms with Crippen molar-refractivity contribution in [3.05, 3.63) is 39.4 Å². The molecule has 1 aromatic carbocycles. The standard InChI is InChI=1S/C9H8N2O2S/c1-14-9-8-4-7(11(12)13)3-2-6(8)5-10-9/h2-4H,5H2,1H3. The van der Waals surface area contributed by atoms with Crippen LogP contribution in [0.1, 0.15) is 11.1 Å². The van der Waals surface area contributed by atoms with Crippen LogP contribution < -0.4 is 0 Å². The van der Waals surface area contributed by atoms with Crippen molar-refractivity contribution in [1.82, 2.24) is 0 Å². The lowest BCUT2D eigenvalue weighted by Gasteiger charge is -1.99. The van der Waals surface area contributed by atoms with Crippen LogP contribution in [0.25, 0.3) is 0 Å². The Morgan fingerprint density at radius 1 is 1.57 bits per heavy atom. The van der Waals surface area contributed by atoms with Crippen molar-refractivity contribution in [3.8, 4) is 0 Å². The van der Waals surface area contributed by atoms with E-state index in [0.717, 1.165) is 16.2 Å². The van der Waals surface area contributed by atoms with E-state index in [1.54, 1.807) is 12.1 Å². The molecule has 0 spiro atoms. The first-order chi connectivity index (χ1) is 6.72. The van der Waals surface area contributed by atoms with Gasteiger partial charge in [0.05, 0.1) is 16.5 Å². The number of hydrogen-bond acceptors (Lipinski definition) is 4. The highest BCUT2D eigenvalue weighted by Crippen LogP contribution is 2.27. The molecule has 0 saturated carbocycles. The lowest BCUT2D eigenvalue weighted by molar-refractivity contribution is -0.384. The van der Waals surface area contributed by atoms with Crippen LogP contribution in [0, 0.1) is 10.1 Å². The van der Waals surface area contributed by atoms with Crippen molar-refractivity contribution in [2.45, 2.75) is 6.54 Å². The topological polar surface area (TPSA) is 55.5 Å². The van der Waals surface area contributed by atoms with Gasteiger partial charge in [-0.2, -0.15) is 0 Å². The van der Waals surface area contributed by atoms with Gasteiger partial charge in [-0.1, -0.05) is 0 Å². The predicted molar refractivity (Wildman–Crippen MR) is 56.9 cm³/mol. The molecule has 0 fully saturated rings. The van der Waals surface area contributed by atoms with E-state index in [-0.39, 0.29) is 10.6 Å². The average Bonchev–Trinajstić information content (AvgIpc) is 2.59. The number of fused-ring (bicyclic) bond motifs is 1. The molecule has 14 heavy (non-hydrogen) atoms. The summed E-state index contributed by atoms with van der Waals surface area (Å²) in [5.41, 5.74) is 2.11. The van der Waals surface area contributed by atoms with Gasteiger partial charge in [0.2, 0.25) is 0 Å². The third-order valence-corrected chi connectivity index (χ3v) is 2.86. The molecular weight excluding hydrogens is 200 g/mol. The fourth-order valence-electron chi connectivity index (χ4n) is 1.43. The van der Waals surface area contributed by atoms with Crippen molar-refractivity contribution in [2.75, 3.05) is 6.26 Å². The zero-order chi connectivity index (χ0) is 10.1. The number of thioether (sulfide) groups is 1. The third kappa shape index (κ3) is 1.39. The summed E-state index contributed by atoms with van der Waals surface area (Å²) in [5.74, 6) is 0. The molecule has 1 aromatic rings. The summed E-state index contributed by atoms with van der Waals surface area (Å²) in [6.45, 7) is 0.642. The van der Waals surface area contributed by atoms with Gasteiger partial charge in [0.1, 0.15) is 0 Å². The van der Waals surface area contributed by atoms with Crippen LogP contribution in [-0.4, -0.2) is 16.2 Å². The average molecular weight is 208 g/mol. The molecule has 5 heteroatoms. The van der Waals surface area contributed by atoms with E-state index in [4.69, 9.17) is 0 Å². The van der Waals surface area contributed by atoms with Crippen molar-refractivity contribution < 1.29 is 4.92 Å². The molecule has 0 radical (unpaired) electrons. The number of nitro benzene ring substituents is 1. The monoisotopic (exact) mass is 208 g/mol. The second-order valence-electron chi connectivity index (χ2n) is 2.92. The van der Waals surface area contributed by atoms with Crippen LogP contribution >= 0.6 is 11.8 Å². The van der Waals surface area contributed by atoms with Gasteiger partial charge < -0.3 is 0 Å². The molecule has 72 valence electrons. The first-order valence-corrected chi connectivity index (χ1v) is 5.31.